The monoisotopic (exact) mass is 507 g/mol. The zero-order valence-electron chi connectivity index (χ0n) is 20.6. The summed E-state index contributed by atoms with van der Waals surface area (Å²) in [6.45, 7) is 0. The Bertz CT molecular complexity index is 1360. The lowest BCUT2D eigenvalue weighted by atomic mass is 9.88. The third-order valence-electron chi connectivity index (χ3n) is 6.09. The van der Waals surface area contributed by atoms with E-state index in [2.05, 4.69) is 5.43 Å². The summed E-state index contributed by atoms with van der Waals surface area (Å²) in [6.07, 6.45) is 0.0000185. The molecule has 3 aromatic carbocycles. The lowest BCUT2D eigenvalue weighted by Gasteiger charge is -2.37. The second kappa shape index (κ2) is 10.4. The maximum absolute atomic E-state index is 13.4. The summed E-state index contributed by atoms with van der Waals surface area (Å²) in [6, 6.07) is 13.1. The number of methoxy groups -OCH3 is 4. The number of nitrogens with one attached hydrogen (secondary N) is 1. The molecular weight excluding hydrogens is 482 g/mol. The zero-order chi connectivity index (χ0) is 26.7. The van der Waals surface area contributed by atoms with Gasteiger partial charge in [-0.3, -0.25) is 25.1 Å². The van der Waals surface area contributed by atoms with E-state index in [1.807, 2.05) is 0 Å². The van der Waals surface area contributed by atoms with Crippen molar-refractivity contribution in [3.05, 3.63) is 87.0 Å². The predicted octanol–water partition coefficient (Wildman–Crippen LogP) is 3.45. The van der Waals surface area contributed by atoms with Crippen molar-refractivity contribution in [2.24, 2.45) is 0 Å². The molecule has 4 rings (SSSR count). The molecular formula is C26H25N3O8. The fourth-order valence-corrected chi connectivity index (χ4v) is 4.26. The first-order chi connectivity index (χ1) is 17.8. The number of rotatable bonds is 8. The predicted molar refractivity (Wildman–Crippen MR) is 132 cm³/mol. The molecule has 0 aromatic heterocycles. The molecule has 0 unspecified atom stereocenters. The lowest BCUT2D eigenvalue weighted by molar-refractivity contribution is -0.384. The standard InChI is InChI=1S/C26H25N3O8/c1-34-20-10-7-16(11-21(20)35-2)25-19-14-23(37-4)22(36-3)12-17(19)13-24(30)28(25)27-26(31)15-5-8-18(9-6-15)29(32)33/h5-12,14,25H,13H2,1-4H3,(H,27,31)/t25-/m0/s1. The summed E-state index contributed by atoms with van der Waals surface area (Å²) in [7, 11) is 6.05. The summed E-state index contributed by atoms with van der Waals surface area (Å²) in [4.78, 5) is 36.9. The fraction of sp³-hybridized carbons (Fsp3) is 0.231. The molecule has 1 atom stereocenters. The molecule has 1 heterocycles. The van der Waals surface area contributed by atoms with Crippen LogP contribution in [0.15, 0.2) is 54.6 Å². The quantitative estimate of drug-likeness (QED) is 0.363. The Morgan fingerprint density at radius 2 is 1.49 bits per heavy atom. The van der Waals surface area contributed by atoms with Crippen molar-refractivity contribution in [2.45, 2.75) is 12.5 Å². The van der Waals surface area contributed by atoms with Crippen LogP contribution in [0.3, 0.4) is 0 Å². The molecule has 0 fully saturated rings. The minimum atomic E-state index is -0.752. The van der Waals surface area contributed by atoms with Gasteiger partial charge in [0.05, 0.1) is 39.8 Å². The van der Waals surface area contributed by atoms with Gasteiger partial charge in [-0.15, -0.1) is 0 Å². The minimum absolute atomic E-state index is 0.0000185. The Kier molecular flexibility index (Phi) is 7.14. The lowest BCUT2D eigenvalue weighted by Crippen LogP contribution is -2.51. The van der Waals surface area contributed by atoms with E-state index in [9.17, 15) is 19.7 Å². The third kappa shape index (κ3) is 4.83. The Balaban J connectivity index is 1.81. The molecule has 0 spiro atoms. The number of nitro benzene ring substituents is 1. The summed E-state index contributed by atoms with van der Waals surface area (Å²) in [5.41, 5.74) is 4.76. The van der Waals surface area contributed by atoms with Crippen LogP contribution >= 0.6 is 0 Å². The number of benzene rings is 3. The molecule has 0 saturated carbocycles. The van der Waals surface area contributed by atoms with E-state index in [0.29, 0.717) is 39.7 Å². The average molecular weight is 507 g/mol. The van der Waals surface area contributed by atoms with Gasteiger partial charge < -0.3 is 18.9 Å². The van der Waals surface area contributed by atoms with Crippen molar-refractivity contribution < 1.29 is 33.5 Å². The molecule has 37 heavy (non-hydrogen) atoms. The van der Waals surface area contributed by atoms with E-state index in [0.717, 1.165) is 0 Å². The summed E-state index contributed by atoms with van der Waals surface area (Å²) < 4.78 is 21.7. The maximum atomic E-state index is 13.4. The van der Waals surface area contributed by atoms with E-state index in [1.165, 1.54) is 57.7 Å². The van der Waals surface area contributed by atoms with Crippen LogP contribution in [0.4, 0.5) is 5.69 Å². The average Bonchev–Trinajstić information content (AvgIpc) is 2.92. The highest BCUT2D eigenvalue weighted by molar-refractivity contribution is 5.96. The summed E-state index contributed by atoms with van der Waals surface area (Å²) in [5, 5.41) is 12.2. The number of hydrazine groups is 1. The van der Waals surface area contributed by atoms with Gasteiger partial charge in [-0.1, -0.05) is 6.07 Å². The third-order valence-corrected chi connectivity index (χ3v) is 6.09. The molecule has 2 amide bonds. The number of nitrogens with zero attached hydrogens (tertiary/aromatic N) is 2. The second-order valence-corrected chi connectivity index (χ2v) is 8.11. The molecule has 0 bridgehead atoms. The van der Waals surface area contributed by atoms with Crippen molar-refractivity contribution >= 4 is 17.5 Å². The van der Waals surface area contributed by atoms with Crippen LogP contribution in [0.2, 0.25) is 0 Å². The number of carbonyl (C=O) groups is 2. The summed E-state index contributed by atoms with van der Waals surface area (Å²) >= 11 is 0. The van der Waals surface area contributed by atoms with E-state index in [-0.39, 0.29) is 23.6 Å². The van der Waals surface area contributed by atoms with Gasteiger partial charge in [-0.2, -0.15) is 0 Å². The van der Waals surface area contributed by atoms with Gasteiger partial charge in [-0.25, -0.2) is 5.01 Å². The minimum Gasteiger partial charge on any atom is -0.493 e. The first kappa shape index (κ1) is 25.3. The molecule has 11 nitrogen and oxygen atoms in total. The van der Waals surface area contributed by atoms with Gasteiger partial charge in [0.1, 0.15) is 6.04 Å². The Morgan fingerprint density at radius 3 is 2.08 bits per heavy atom. The molecule has 0 radical (unpaired) electrons. The number of nitro groups is 1. The number of ether oxygens (including phenoxy) is 4. The molecule has 192 valence electrons. The van der Waals surface area contributed by atoms with Crippen LogP contribution in [0, 0.1) is 10.1 Å². The first-order valence-electron chi connectivity index (χ1n) is 11.2. The second-order valence-electron chi connectivity index (χ2n) is 8.11. The highest BCUT2D eigenvalue weighted by atomic mass is 16.6. The topological polar surface area (TPSA) is 129 Å². The molecule has 1 aliphatic rings. The van der Waals surface area contributed by atoms with Crippen molar-refractivity contribution in [1.29, 1.82) is 0 Å². The number of carbonyl (C=O) groups excluding carboxylic acids is 2. The number of non-ortho nitro benzene ring substituents is 1. The maximum Gasteiger partial charge on any atom is 0.269 e. The van der Waals surface area contributed by atoms with Crippen LogP contribution in [0.5, 0.6) is 23.0 Å². The first-order valence-corrected chi connectivity index (χ1v) is 11.2. The van der Waals surface area contributed by atoms with Gasteiger partial charge in [0.2, 0.25) is 5.91 Å². The van der Waals surface area contributed by atoms with Crippen LogP contribution in [-0.2, 0) is 11.2 Å². The zero-order valence-corrected chi connectivity index (χ0v) is 20.6. The highest BCUT2D eigenvalue weighted by Crippen LogP contribution is 2.42. The number of hydrogen-bond acceptors (Lipinski definition) is 8. The molecule has 1 N–H and O–H groups in total. The van der Waals surface area contributed by atoms with E-state index in [1.54, 1.807) is 30.3 Å². The molecule has 1 aliphatic heterocycles. The molecule has 0 saturated heterocycles. The van der Waals surface area contributed by atoms with Crippen molar-refractivity contribution in [3.8, 4) is 23.0 Å². The largest absolute Gasteiger partial charge is 0.493 e. The van der Waals surface area contributed by atoms with E-state index in [4.69, 9.17) is 18.9 Å². The smallest absolute Gasteiger partial charge is 0.269 e. The molecule has 0 aliphatic carbocycles. The normalized spacial score (nSPS) is 14.4. The molecule has 3 aromatic rings. The van der Waals surface area contributed by atoms with Crippen LogP contribution in [0.25, 0.3) is 0 Å². The van der Waals surface area contributed by atoms with Crippen LogP contribution in [-0.4, -0.2) is 50.2 Å². The Morgan fingerprint density at radius 1 is 0.892 bits per heavy atom. The van der Waals surface area contributed by atoms with Gasteiger partial charge in [-0.05, 0) is 53.1 Å². The van der Waals surface area contributed by atoms with Crippen molar-refractivity contribution in [1.82, 2.24) is 10.4 Å². The Hall–Kier alpha value is -4.80. The van der Waals surface area contributed by atoms with Gasteiger partial charge in [0.25, 0.3) is 11.6 Å². The van der Waals surface area contributed by atoms with Crippen molar-refractivity contribution in [2.75, 3.05) is 28.4 Å². The van der Waals surface area contributed by atoms with E-state index >= 15 is 0 Å². The van der Waals surface area contributed by atoms with Gasteiger partial charge in [0.15, 0.2) is 23.0 Å². The number of amides is 2. The fourth-order valence-electron chi connectivity index (χ4n) is 4.26. The highest BCUT2D eigenvalue weighted by Gasteiger charge is 2.37. The van der Waals surface area contributed by atoms with Gasteiger partial charge in [0, 0.05) is 17.7 Å². The van der Waals surface area contributed by atoms with Gasteiger partial charge >= 0.3 is 0 Å². The Labute approximate surface area is 212 Å². The van der Waals surface area contributed by atoms with Crippen LogP contribution < -0.4 is 24.4 Å². The van der Waals surface area contributed by atoms with E-state index < -0.39 is 16.9 Å². The van der Waals surface area contributed by atoms with Crippen LogP contribution in [0.1, 0.15) is 33.1 Å². The number of fused-ring (bicyclic) bond motifs is 1. The SMILES string of the molecule is COc1ccc([C@H]2c3cc(OC)c(OC)cc3CC(=O)N2NC(=O)c2ccc([N+](=O)[O-])cc2)cc1OC. The number of hydrogen-bond donors (Lipinski definition) is 1. The summed E-state index contributed by atoms with van der Waals surface area (Å²) in [5.74, 6) is 0.919. The molecule has 11 heteroatoms. The van der Waals surface area contributed by atoms with Crippen molar-refractivity contribution in [3.63, 3.8) is 0 Å².